The molecule has 2 aromatic rings. The topological polar surface area (TPSA) is 46.2 Å². The van der Waals surface area contributed by atoms with Gasteiger partial charge in [-0.1, -0.05) is 6.07 Å². The van der Waals surface area contributed by atoms with Gasteiger partial charge in [-0.25, -0.2) is 4.39 Å². The molecule has 1 aromatic heterocycles. The number of carbonyl (C=O) groups is 2. The van der Waals surface area contributed by atoms with E-state index < -0.39 is 0 Å². The zero-order chi connectivity index (χ0) is 15.9. The highest BCUT2D eigenvalue weighted by Gasteiger charge is 2.12. The molecule has 1 amide bonds. The number of thiophene rings is 1. The molecule has 0 aliphatic carbocycles. The molecule has 22 heavy (non-hydrogen) atoms. The summed E-state index contributed by atoms with van der Waals surface area (Å²) in [6, 6.07) is 9.42. The molecular formula is C17H18FNO2S. The van der Waals surface area contributed by atoms with Crippen LogP contribution in [0.15, 0.2) is 41.8 Å². The fourth-order valence-corrected chi connectivity index (χ4v) is 2.97. The molecule has 0 saturated carbocycles. The molecule has 2 rings (SSSR count). The van der Waals surface area contributed by atoms with E-state index in [0.29, 0.717) is 5.56 Å². The summed E-state index contributed by atoms with van der Waals surface area (Å²) in [4.78, 5) is 25.0. The maximum absolute atomic E-state index is 12.8. The van der Waals surface area contributed by atoms with Gasteiger partial charge in [-0.15, -0.1) is 11.3 Å². The number of nitrogens with one attached hydrogen (secondary N) is 1. The van der Waals surface area contributed by atoms with Gasteiger partial charge in [0.1, 0.15) is 5.82 Å². The van der Waals surface area contributed by atoms with E-state index >= 15 is 0 Å². The summed E-state index contributed by atoms with van der Waals surface area (Å²) in [6.45, 7) is 1.94. The van der Waals surface area contributed by atoms with Crippen molar-refractivity contribution in [2.45, 2.75) is 32.2 Å². The molecule has 0 saturated heterocycles. The van der Waals surface area contributed by atoms with Crippen LogP contribution >= 0.6 is 11.3 Å². The number of rotatable bonds is 7. The Labute approximate surface area is 133 Å². The molecule has 1 unspecified atom stereocenters. The number of benzene rings is 1. The first-order valence-electron chi connectivity index (χ1n) is 7.15. The van der Waals surface area contributed by atoms with Crippen molar-refractivity contribution in [3.8, 4) is 0 Å². The molecule has 116 valence electrons. The highest BCUT2D eigenvalue weighted by Crippen LogP contribution is 2.11. The zero-order valence-corrected chi connectivity index (χ0v) is 13.2. The highest BCUT2D eigenvalue weighted by molar-refractivity contribution is 7.09. The normalized spacial score (nSPS) is 11.9. The number of ketones is 1. The van der Waals surface area contributed by atoms with E-state index in [1.54, 1.807) is 11.3 Å². The fraction of sp³-hybridized carbons (Fsp3) is 0.294. The third-order valence-electron chi connectivity index (χ3n) is 3.24. The summed E-state index contributed by atoms with van der Waals surface area (Å²) in [5.41, 5.74) is 0.431. The van der Waals surface area contributed by atoms with Crippen molar-refractivity contribution in [1.82, 2.24) is 5.32 Å². The second kappa shape index (κ2) is 7.84. The van der Waals surface area contributed by atoms with Crippen LogP contribution < -0.4 is 5.32 Å². The molecule has 5 heteroatoms. The predicted octanol–water partition coefficient (Wildman–Crippen LogP) is 3.60. The van der Waals surface area contributed by atoms with Crippen LogP contribution in [0, 0.1) is 5.82 Å². The van der Waals surface area contributed by atoms with Gasteiger partial charge in [-0.2, -0.15) is 0 Å². The molecule has 3 nitrogen and oxygen atoms in total. The average molecular weight is 319 g/mol. The number of hydrogen-bond donors (Lipinski definition) is 1. The van der Waals surface area contributed by atoms with Gasteiger partial charge < -0.3 is 5.32 Å². The maximum Gasteiger partial charge on any atom is 0.220 e. The molecule has 1 aromatic carbocycles. The Morgan fingerprint density at radius 1 is 1.18 bits per heavy atom. The largest absolute Gasteiger partial charge is 0.353 e. The van der Waals surface area contributed by atoms with Crippen LogP contribution in [-0.2, 0) is 11.2 Å². The van der Waals surface area contributed by atoms with Gasteiger partial charge in [-0.3, -0.25) is 9.59 Å². The molecule has 0 radical (unpaired) electrons. The Morgan fingerprint density at radius 2 is 1.91 bits per heavy atom. The van der Waals surface area contributed by atoms with Crippen LogP contribution in [0.25, 0.3) is 0 Å². The van der Waals surface area contributed by atoms with Gasteiger partial charge in [0.25, 0.3) is 0 Å². The number of Topliss-reactive ketones (excluding diaryl/α,β-unsaturated/α-hetero) is 1. The second-order valence-electron chi connectivity index (χ2n) is 5.18. The van der Waals surface area contributed by atoms with Gasteiger partial charge in [0, 0.05) is 35.7 Å². The molecule has 0 aliphatic heterocycles. The van der Waals surface area contributed by atoms with E-state index in [2.05, 4.69) is 5.32 Å². The second-order valence-corrected chi connectivity index (χ2v) is 6.21. The number of amides is 1. The Balaban J connectivity index is 1.75. The third-order valence-corrected chi connectivity index (χ3v) is 4.14. The van der Waals surface area contributed by atoms with Crippen molar-refractivity contribution in [3.63, 3.8) is 0 Å². The van der Waals surface area contributed by atoms with Crippen molar-refractivity contribution in [2.75, 3.05) is 0 Å². The highest BCUT2D eigenvalue weighted by atomic mass is 32.1. The van der Waals surface area contributed by atoms with Crippen LogP contribution in [0.2, 0.25) is 0 Å². The van der Waals surface area contributed by atoms with Crippen molar-refractivity contribution >= 4 is 23.0 Å². The lowest BCUT2D eigenvalue weighted by Gasteiger charge is -2.12. The Bertz CT molecular complexity index is 623. The first-order valence-corrected chi connectivity index (χ1v) is 8.03. The summed E-state index contributed by atoms with van der Waals surface area (Å²) in [6.07, 6.45) is 1.06. The van der Waals surface area contributed by atoms with Gasteiger partial charge >= 0.3 is 0 Å². The van der Waals surface area contributed by atoms with E-state index in [0.717, 1.165) is 6.42 Å². The molecule has 1 heterocycles. The van der Waals surface area contributed by atoms with E-state index in [-0.39, 0.29) is 36.4 Å². The third kappa shape index (κ3) is 5.07. The van der Waals surface area contributed by atoms with Crippen LogP contribution in [-0.4, -0.2) is 17.7 Å². The van der Waals surface area contributed by atoms with Gasteiger partial charge in [-0.05, 0) is 42.6 Å². The van der Waals surface area contributed by atoms with Crippen LogP contribution in [0.3, 0.4) is 0 Å². The summed E-state index contributed by atoms with van der Waals surface area (Å²) < 4.78 is 12.8. The van der Waals surface area contributed by atoms with E-state index in [1.807, 2.05) is 24.4 Å². The Kier molecular flexibility index (Phi) is 5.83. The minimum absolute atomic E-state index is 0.0343. The molecule has 0 bridgehead atoms. The summed E-state index contributed by atoms with van der Waals surface area (Å²) in [5, 5.41) is 4.89. The first kappa shape index (κ1) is 16.4. The van der Waals surface area contributed by atoms with Crippen LogP contribution in [0.1, 0.15) is 35.0 Å². The van der Waals surface area contributed by atoms with E-state index in [1.165, 1.54) is 29.1 Å². The summed E-state index contributed by atoms with van der Waals surface area (Å²) in [7, 11) is 0. The molecule has 1 atom stereocenters. The number of halogens is 1. The smallest absolute Gasteiger partial charge is 0.220 e. The lowest BCUT2D eigenvalue weighted by Crippen LogP contribution is -2.34. The Hall–Kier alpha value is -2.01. The fourth-order valence-electron chi connectivity index (χ4n) is 2.14. The van der Waals surface area contributed by atoms with Crippen molar-refractivity contribution < 1.29 is 14.0 Å². The minimum atomic E-state index is -0.378. The van der Waals surface area contributed by atoms with Gasteiger partial charge in [0.05, 0.1) is 0 Å². The van der Waals surface area contributed by atoms with E-state index in [9.17, 15) is 14.0 Å². The molecular weight excluding hydrogens is 301 g/mol. The summed E-state index contributed by atoms with van der Waals surface area (Å²) in [5.74, 6) is -0.669. The number of hydrogen-bond acceptors (Lipinski definition) is 3. The van der Waals surface area contributed by atoms with Crippen molar-refractivity contribution in [1.29, 1.82) is 0 Å². The molecule has 1 N–H and O–H groups in total. The van der Waals surface area contributed by atoms with Gasteiger partial charge in [0.2, 0.25) is 5.91 Å². The lowest BCUT2D eigenvalue weighted by molar-refractivity contribution is -0.121. The zero-order valence-electron chi connectivity index (χ0n) is 12.3. The summed E-state index contributed by atoms with van der Waals surface area (Å²) >= 11 is 1.66. The predicted molar refractivity (Wildman–Crippen MR) is 85.6 cm³/mol. The lowest BCUT2D eigenvalue weighted by atomic mass is 10.1. The molecule has 0 aliphatic rings. The quantitative estimate of drug-likeness (QED) is 0.793. The first-order chi connectivity index (χ1) is 10.5. The number of carbonyl (C=O) groups excluding carboxylic acids is 2. The van der Waals surface area contributed by atoms with Crippen molar-refractivity contribution in [2.24, 2.45) is 0 Å². The monoisotopic (exact) mass is 319 g/mol. The maximum atomic E-state index is 12.8. The molecule has 0 spiro atoms. The minimum Gasteiger partial charge on any atom is -0.353 e. The Morgan fingerprint density at radius 3 is 2.55 bits per heavy atom. The molecule has 0 fully saturated rings. The van der Waals surface area contributed by atoms with Crippen LogP contribution in [0.5, 0.6) is 0 Å². The van der Waals surface area contributed by atoms with Gasteiger partial charge in [0.15, 0.2) is 5.78 Å². The van der Waals surface area contributed by atoms with E-state index in [4.69, 9.17) is 0 Å². The van der Waals surface area contributed by atoms with Crippen LogP contribution in [0.4, 0.5) is 4.39 Å². The SMILES string of the molecule is CC(Cc1cccs1)NC(=O)CCC(=O)c1ccc(F)cc1. The van der Waals surface area contributed by atoms with Crippen molar-refractivity contribution in [3.05, 3.63) is 58.0 Å². The standard InChI is InChI=1S/C17H18FNO2S/c1-12(11-15-3-2-10-22-15)19-17(21)9-8-16(20)13-4-6-14(18)7-5-13/h2-7,10,12H,8-9,11H2,1H3,(H,19,21). The average Bonchev–Trinajstić information content (AvgIpc) is 2.98.